The normalized spacial score (nSPS) is 14.1. The van der Waals surface area contributed by atoms with E-state index in [1.54, 1.807) is 0 Å². The van der Waals surface area contributed by atoms with Crippen LogP contribution in [0, 0.1) is 24.7 Å². The first-order valence-corrected chi connectivity index (χ1v) is 5.85. The molecule has 0 aromatic heterocycles. The third-order valence-electron chi connectivity index (χ3n) is 2.63. The highest BCUT2D eigenvalue weighted by atomic mass is 14.1. The van der Waals surface area contributed by atoms with Gasteiger partial charge >= 0.3 is 0 Å². The number of hydrogen-bond donors (Lipinski definition) is 0. The quantitative estimate of drug-likeness (QED) is 0.536. The lowest BCUT2D eigenvalue weighted by atomic mass is 9.93. The van der Waals surface area contributed by atoms with Gasteiger partial charge in [0, 0.05) is 0 Å². The second-order valence-electron chi connectivity index (χ2n) is 5.11. The zero-order chi connectivity index (χ0) is 10.3. The molecule has 0 aliphatic carbocycles. The van der Waals surface area contributed by atoms with Crippen molar-refractivity contribution < 1.29 is 0 Å². The minimum absolute atomic E-state index is 0.636. The Labute approximate surface area is 85.1 Å². The van der Waals surface area contributed by atoms with Gasteiger partial charge in [-0.3, -0.25) is 0 Å². The molecule has 13 heavy (non-hydrogen) atoms. The molecule has 0 saturated carbocycles. The van der Waals surface area contributed by atoms with E-state index in [-0.39, 0.29) is 0 Å². The fourth-order valence-electron chi connectivity index (χ4n) is 1.58. The van der Waals surface area contributed by atoms with Crippen LogP contribution < -0.4 is 0 Å². The minimum Gasteiger partial charge on any atom is -0.0628 e. The van der Waals surface area contributed by atoms with Crippen LogP contribution in [-0.2, 0) is 0 Å². The second-order valence-corrected chi connectivity index (χ2v) is 5.11. The van der Waals surface area contributed by atoms with Gasteiger partial charge in [-0.05, 0) is 17.8 Å². The van der Waals surface area contributed by atoms with E-state index in [1.807, 2.05) is 0 Å². The van der Waals surface area contributed by atoms with Crippen molar-refractivity contribution >= 4 is 0 Å². The van der Waals surface area contributed by atoms with Crippen molar-refractivity contribution in [1.82, 2.24) is 0 Å². The summed E-state index contributed by atoms with van der Waals surface area (Å²) < 4.78 is 0. The maximum absolute atomic E-state index is 4.01. The fourth-order valence-corrected chi connectivity index (χ4v) is 1.58. The van der Waals surface area contributed by atoms with Crippen LogP contribution in [0.3, 0.4) is 0 Å². The maximum atomic E-state index is 4.01. The maximum Gasteiger partial charge on any atom is -0.0443 e. The lowest BCUT2D eigenvalue weighted by Gasteiger charge is -2.13. The van der Waals surface area contributed by atoms with Crippen LogP contribution >= 0.6 is 0 Å². The van der Waals surface area contributed by atoms with Gasteiger partial charge in [0.15, 0.2) is 0 Å². The average Bonchev–Trinajstić information content (AvgIpc) is 2.00. The predicted molar refractivity (Wildman–Crippen MR) is 61.6 cm³/mol. The Morgan fingerprint density at radius 3 is 1.92 bits per heavy atom. The molecule has 2 atom stereocenters. The highest BCUT2D eigenvalue weighted by Gasteiger charge is 2.04. The molecule has 1 radical (unpaired) electrons. The summed E-state index contributed by atoms with van der Waals surface area (Å²) >= 11 is 0. The van der Waals surface area contributed by atoms with Crippen LogP contribution in [0.25, 0.3) is 0 Å². The van der Waals surface area contributed by atoms with E-state index in [1.165, 1.54) is 32.1 Å². The molecule has 0 spiro atoms. The van der Waals surface area contributed by atoms with Gasteiger partial charge in [-0.2, -0.15) is 0 Å². The third-order valence-corrected chi connectivity index (χ3v) is 2.63. The molecule has 2 unspecified atom stereocenters. The van der Waals surface area contributed by atoms with Gasteiger partial charge in [0.2, 0.25) is 0 Å². The molecule has 0 heterocycles. The SMILES string of the molecule is [CH2]C(C)CCCC(C)CCC(C)C. The second kappa shape index (κ2) is 7.41. The summed E-state index contributed by atoms with van der Waals surface area (Å²) in [5, 5.41) is 0. The Morgan fingerprint density at radius 1 is 0.846 bits per heavy atom. The van der Waals surface area contributed by atoms with Crippen LogP contribution in [0.2, 0.25) is 0 Å². The van der Waals surface area contributed by atoms with E-state index in [4.69, 9.17) is 0 Å². The minimum atomic E-state index is 0.636. The fraction of sp³-hybridized carbons (Fsp3) is 0.923. The van der Waals surface area contributed by atoms with E-state index in [9.17, 15) is 0 Å². The van der Waals surface area contributed by atoms with Crippen molar-refractivity contribution in [2.75, 3.05) is 0 Å². The number of rotatable bonds is 7. The molecule has 0 bridgehead atoms. The zero-order valence-corrected chi connectivity index (χ0v) is 9.97. The molecular weight excluding hydrogens is 156 g/mol. The third kappa shape index (κ3) is 9.92. The molecule has 0 aromatic carbocycles. The van der Waals surface area contributed by atoms with Gasteiger partial charge < -0.3 is 0 Å². The topological polar surface area (TPSA) is 0 Å². The molecule has 0 saturated heterocycles. The molecule has 0 fully saturated rings. The Kier molecular flexibility index (Phi) is 7.41. The van der Waals surface area contributed by atoms with Crippen LogP contribution in [0.1, 0.15) is 59.8 Å². The molecule has 0 heteroatoms. The van der Waals surface area contributed by atoms with Crippen molar-refractivity contribution in [2.24, 2.45) is 17.8 Å². The zero-order valence-electron chi connectivity index (χ0n) is 9.97. The summed E-state index contributed by atoms with van der Waals surface area (Å²) in [7, 11) is 0. The van der Waals surface area contributed by atoms with E-state index >= 15 is 0 Å². The van der Waals surface area contributed by atoms with Crippen LogP contribution in [0.15, 0.2) is 0 Å². The van der Waals surface area contributed by atoms with Gasteiger partial charge in [-0.25, -0.2) is 0 Å². The standard InChI is InChI=1S/C13H27/c1-11(2)7-6-8-13(5)10-9-12(3)4/h11-13H,1,6-10H2,2-5H3. The lowest BCUT2D eigenvalue weighted by Crippen LogP contribution is -1.99. The Balaban J connectivity index is 3.25. The Hall–Kier alpha value is 0. The first-order valence-electron chi connectivity index (χ1n) is 5.85. The van der Waals surface area contributed by atoms with Gasteiger partial charge in [0.25, 0.3) is 0 Å². The van der Waals surface area contributed by atoms with Crippen LogP contribution in [-0.4, -0.2) is 0 Å². The van der Waals surface area contributed by atoms with Gasteiger partial charge in [0.1, 0.15) is 0 Å². The Morgan fingerprint density at radius 2 is 1.46 bits per heavy atom. The monoisotopic (exact) mass is 183 g/mol. The number of hydrogen-bond acceptors (Lipinski definition) is 0. The van der Waals surface area contributed by atoms with Crippen molar-refractivity contribution in [1.29, 1.82) is 0 Å². The molecular formula is C13H27. The first kappa shape index (κ1) is 13.0. The lowest BCUT2D eigenvalue weighted by molar-refractivity contribution is 0.405. The van der Waals surface area contributed by atoms with Crippen molar-refractivity contribution in [3.8, 4) is 0 Å². The molecule has 0 aromatic rings. The predicted octanol–water partition coefficient (Wildman–Crippen LogP) is 4.70. The summed E-state index contributed by atoms with van der Waals surface area (Å²) in [6.07, 6.45) is 6.85. The molecule has 79 valence electrons. The van der Waals surface area contributed by atoms with Crippen molar-refractivity contribution in [2.45, 2.75) is 59.8 Å². The molecule has 0 nitrogen and oxygen atoms in total. The van der Waals surface area contributed by atoms with E-state index < -0.39 is 0 Å². The molecule has 0 aliphatic heterocycles. The van der Waals surface area contributed by atoms with Crippen LogP contribution in [0.4, 0.5) is 0 Å². The highest BCUT2D eigenvalue weighted by Crippen LogP contribution is 2.18. The first-order chi connectivity index (χ1) is 6.02. The summed E-state index contributed by atoms with van der Waals surface area (Å²) in [4.78, 5) is 0. The van der Waals surface area contributed by atoms with Crippen molar-refractivity contribution in [3.63, 3.8) is 0 Å². The summed E-state index contributed by atoms with van der Waals surface area (Å²) in [5.41, 5.74) is 0. The smallest absolute Gasteiger partial charge is 0.0443 e. The van der Waals surface area contributed by atoms with E-state index in [0.29, 0.717) is 5.92 Å². The van der Waals surface area contributed by atoms with Gasteiger partial charge in [-0.15, -0.1) is 0 Å². The molecule has 0 N–H and O–H groups in total. The van der Waals surface area contributed by atoms with Gasteiger partial charge in [0.05, 0.1) is 0 Å². The van der Waals surface area contributed by atoms with Gasteiger partial charge in [-0.1, -0.05) is 66.7 Å². The van der Waals surface area contributed by atoms with E-state index in [2.05, 4.69) is 34.6 Å². The molecule has 0 aliphatic rings. The summed E-state index contributed by atoms with van der Waals surface area (Å²) in [6, 6.07) is 0. The molecule has 0 amide bonds. The highest BCUT2D eigenvalue weighted by molar-refractivity contribution is 4.59. The van der Waals surface area contributed by atoms with E-state index in [0.717, 1.165) is 11.8 Å². The Bertz CT molecular complexity index is 103. The summed E-state index contributed by atoms with van der Waals surface area (Å²) in [5.74, 6) is 2.42. The summed E-state index contributed by atoms with van der Waals surface area (Å²) in [6.45, 7) is 13.2. The van der Waals surface area contributed by atoms with Crippen LogP contribution in [0.5, 0.6) is 0 Å². The van der Waals surface area contributed by atoms with Crippen molar-refractivity contribution in [3.05, 3.63) is 6.92 Å². The molecule has 0 rings (SSSR count). The average molecular weight is 183 g/mol. The largest absolute Gasteiger partial charge is 0.0628 e.